The molecule has 0 unspecified atom stereocenters. The molecule has 0 aliphatic carbocycles. The molecule has 0 saturated heterocycles. The Morgan fingerprint density at radius 1 is 1.22 bits per heavy atom. The lowest BCUT2D eigenvalue weighted by Gasteiger charge is -2.10. The number of benzene rings is 2. The van der Waals surface area contributed by atoms with Crippen LogP contribution in [-0.4, -0.2) is 35.0 Å². The molecule has 0 aliphatic rings. The molecule has 0 spiro atoms. The lowest BCUT2D eigenvalue weighted by Crippen LogP contribution is -2.27. The van der Waals surface area contributed by atoms with Crippen molar-refractivity contribution >= 4 is 40.1 Å². The van der Waals surface area contributed by atoms with Gasteiger partial charge in [-0.3, -0.25) is 9.59 Å². The van der Waals surface area contributed by atoms with E-state index in [1.807, 2.05) is 6.07 Å². The van der Waals surface area contributed by atoms with Gasteiger partial charge in [0.2, 0.25) is 11.2 Å². The second kappa shape index (κ2) is 8.09. The second-order valence-electron chi connectivity index (χ2n) is 5.90. The SMILES string of the molecule is COc1ccccc1NC(=O)CCNC(=O)c1ccc2c(c1)nc(Cl)n2C. The molecule has 2 amide bonds. The summed E-state index contributed by atoms with van der Waals surface area (Å²) in [5, 5.41) is 5.85. The predicted octanol–water partition coefficient (Wildman–Crippen LogP) is 2.99. The fourth-order valence-corrected chi connectivity index (χ4v) is 2.85. The summed E-state index contributed by atoms with van der Waals surface area (Å²) < 4.78 is 6.93. The van der Waals surface area contributed by atoms with Crippen LogP contribution < -0.4 is 15.4 Å². The van der Waals surface area contributed by atoms with E-state index in [1.54, 1.807) is 48.0 Å². The van der Waals surface area contributed by atoms with Gasteiger partial charge in [0.25, 0.3) is 5.91 Å². The van der Waals surface area contributed by atoms with Gasteiger partial charge < -0.3 is 19.9 Å². The minimum absolute atomic E-state index is 0.140. The zero-order valence-electron chi connectivity index (χ0n) is 15.0. The number of methoxy groups -OCH3 is 1. The van der Waals surface area contributed by atoms with Crippen LogP contribution in [-0.2, 0) is 11.8 Å². The average molecular weight is 387 g/mol. The molecule has 140 valence electrons. The highest BCUT2D eigenvalue weighted by Crippen LogP contribution is 2.23. The van der Waals surface area contributed by atoms with Crippen molar-refractivity contribution < 1.29 is 14.3 Å². The molecule has 8 heteroatoms. The zero-order valence-corrected chi connectivity index (χ0v) is 15.7. The third kappa shape index (κ3) is 4.20. The molecule has 0 radical (unpaired) electrons. The number of carbonyl (C=O) groups is 2. The minimum atomic E-state index is -0.274. The summed E-state index contributed by atoms with van der Waals surface area (Å²) in [5.74, 6) is 0.0905. The van der Waals surface area contributed by atoms with Crippen molar-refractivity contribution in [2.75, 3.05) is 19.0 Å². The summed E-state index contributed by atoms with van der Waals surface area (Å²) in [7, 11) is 3.34. The largest absolute Gasteiger partial charge is 0.495 e. The van der Waals surface area contributed by atoms with Gasteiger partial charge in [0.1, 0.15) is 5.75 Å². The average Bonchev–Trinajstić information content (AvgIpc) is 2.95. The standard InChI is InChI=1S/C19H19ClN4O3/c1-24-15-8-7-12(11-14(15)23-19(24)20)18(26)21-10-9-17(25)22-13-5-3-4-6-16(13)27-2/h3-8,11H,9-10H2,1-2H3,(H,21,26)(H,22,25). The van der Waals surface area contributed by atoms with Gasteiger partial charge in [-0.2, -0.15) is 0 Å². The third-order valence-electron chi connectivity index (χ3n) is 4.11. The highest BCUT2D eigenvalue weighted by molar-refractivity contribution is 6.29. The molecule has 27 heavy (non-hydrogen) atoms. The molecular formula is C19H19ClN4O3. The summed E-state index contributed by atoms with van der Waals surface area (Å²) >= 11 is 5.99. The number of aryl methyl sites for hydroxylation is 1. The van der Waals surface area contributed by atoms with E-state index in [4.69, 9.17) is 16.3 Å². The fraction of sp³-hybridized carbons (Fsp3) is 0.211. The molecule has 0 fully saturated rings. The van der Waals surface area contributed by atoms with E-state index in [-0.39, 0.29) is 24.8 Å². The first kappa shape index (κ1) is 18.7. The van der Waals surface area contributed by atoms with Crippen LogP contribution in [0.25, 0.3) is 11.0 Å². The number of anilines is 1. The number of halogens is 1. The Hall–Kier alpha value is -3.06. The molecule has 2 N–H and O–H groups in total. The topological polar surface area (TPSA) is 85.2 Å². The van der Waals surface area contributed by atoms with Crippen LogP contribution in [0.5, 0.6) is 5.75 Å². The Morgan fingerprint density at radius 3 is 2.78 bits per heavy atom. The molecule has 1 heterocycles. The van der Waals surface area contributed by atoms with Crippen molar-refractivity contribution in [1.82, 2.24) is 14.9 Å². The first-order valence-corrected chi connectivity index (χ1v) is 8.70. The van der Waals surface area contributed by atoms with Crippen LogP contribution in [0.15, 0.2) is 42.5 Å². The van der Waals surface area contributed by atoms with Gasteiger partial charge in [-0.05, 0) is 41.9 Å². The van der Waals surface area contributed by atoms with Crippen LogP contribution in [0.3, 0.4) is 0 Å². The lowest BCUT2D eigenvalue weighted by molar-refractivity contribution is -0.116. The van der Waals surface area contributed by atoms with Crippen molar-refractivity contribution in [1.29, 1.82) is 0 Å². The number of amides is 2. The number of para-hydroxylation sites is 2. The smallest absolute Gasteiger partial charge is 0.251 e. The van der Waals surface area contributed by atoms with Crippen LogP contribution >= 0.6 is 11.6 Å². The first-order chi connectivity index (χ1) is 13.0. The normalized spacial score (nSPS) is 10.6. The number of hydrogen-bond donors (Lipinski definition) is 2. The molecular weight excluding hydrogens is 368 g/mol. The van der Waals surface area contributed by atoms with Crippen LogP contribution in [0.2, 0.25) is 5.28 Å². The van der Waals surface area contributed by atoms with Crippen LogP contribution in [0, 0.1) is 0 Å². The number of nitrogens with one attached hydrogen (secondary N) is 2. The first-order valence-electron chi connectivity index (χ1n) is 8.32. The Balaban J connectivity index is 1.55. The Morgan fingerprint density at radius 2 is 2.00 bits per heavy atom. The number of nitrogens with zero attached hydrogens (tertiary/aromatic N) is 2. The molecule has 3 aromatic rings. The molecule has 0 atom stereocenters. The van der Waals surface area contributed by atoms with E-state index in [2.05, 4.69) is 15.6 Å². The number of fused-ring (bicyclic) bond motifs is 1. The number of carbonyl (C=O) groups excluding carboxylic acids is 2. The summed E-state index contributed by atoms with van der Waals surface area (Å²) in [6.07, 6.45) is 0.140. The Bertz CT molecular complexity index is 1000. The van der Waals surface area contributed by atoms with Crippen molar-refractivity contribution in [3.8, 4) is 5.75 Å². The zero-order chi connectivity index (χ0) is 19.4. The van der Waals surface area contributed by atoms with Gasteiger partial charge in [-0.15, -0.1) is 0 Å². The van der Waals surface area contributed by atoms with Crippen molar-refractivity contribution in [3.05, 3.63) is 53.3 Å². The monoisotopic (exact) mass is 386 g/mol. The number of imidazole rings is 1. The summed E-state index contributed by atoms with van der Waals surface area (Å²) in [6, 6.07) is 12.3. The molecule has 0 saturated carbocycles. The molecule has 1 aromatic heterocycles. The van der Waals surface area contributed by atoms with Crippen molar-refractivity contribution in [2.24, 2.45) is 7.05 Å². The van der Waals surface area contributed by atoms with E-state index < -0.39 is 0 Å². The molecule has 7 nitrogen and oxygen atoms in total. The third-order valence-corrected chi connectivity index (χ3v) is 4.45. The maximum atomic E-state index is 12.3. The van der Waals surface area contributed by atoms with E-state index in [0.29, 0.717) is 27.8 Å². The summed E-state index contributed by atoms with van der Waals surface area (Å²) in [5.41, 5.74) is 2.54. The summed E-state index contributed by atoms with van der Waals surface area (Å²) in [6.45, 7) is 0.209. The maximum Gasteiger partial charge on any atom is 0.251 e. The number of ether oxygens (including phenoxy) is 1. The van der Waals surface area contributed by atoms with Gasteiger partial charge in [-0.25, -0.2) is 4.98 Å². The Labute approximate surface area is 161 Å². The number of hydrogen-bond acceptors (Lipinski definition) is 4. The van der Waals surface area contributed by atoms with Crippen LogP contribution in [0.1, 0.15) is 16.8 Å². The second-order valence-corrected chi connectivity index (χ2v) is 6.24. The molecule has 0 bridgehead atoms. The van der Waals surface area contributed by atoms with E-state index >= 15 is 0 Å². The quantitative estimate of drug-likeness (QED) is 0.682. The minimum Gasteiger partial charge on any atom is -0.495 e. The molecule has 2 aromatic carbocycles. The summed E-state index contributed by atoms with van der Waals surface area (Å²) in [4.78, 5) is 28.6. The van der Waals surface area contributed by atoms with E-state index in [0.717, 1.165) is 5.52 Å². The number of aromatic nitrogens is 2. The van der Waals surface area contributed by atoms with E-state index in [1.165, 1.54) is 7.11 Å². The van der Waals surface area contributed by atoms with Crippen molar-refractivity contribution in [3.63, 3.8) is 0 Å². The van der Waals surface area contributed by atoms with Crippen LogP contribution in [0.4, 0.5) is 5.69 Å². The highest BCUT2D eigenvalue weighted by atomic mass is 35.5. The van der Waals surface area contributed by atoms with Gasteiger partial charge in [0, 0.05) is 25.6 Å². The van der Waals surface area contributed by atoms with Gasteiger partial charge in [0.15, 0.2) is 0 Å². The molecule has 3 rings (SSSR count). The lowest BCUT2D eigenvalue weighted by atomic mass is 10.2. The van der Waals surface area contributed by atoms with Gasteiger partial charge in [-0.1, -0.05) is 12.1 Å². The van der Waals surface area contributed by atoms with E-state index in [9.17, 15) is 9.59 Å². The Kier molecular flexibility index (Phi) is 5.61. The maximum absolute atomic E-state index is 12.3. The molecule has 0 aliphatic heterocycles. The fourth-order valence-electron chi connectivity index (χ4n) is 2.66. The predicted molar refractivity (Wildman–Crippen MR) is 104 cm³/mol. The van der Waals surface area contributed by atoms with Crippen molar-refractivity contribution in [2.45, 2.75) is 6.42 Å². The highest BCUT2D eigenvalue weighted by Gasteiger charge is 2.12. The van der Waals surface area contributed by atoms with Gasteiger partial charge >= 0.3 is 0 Å². The number of rotatable bonds is 6. The van der Waals surface area contributed by atoms with Gasteiger partial charge in [0.05, 0.1) is 23.8 Å².